The lowest BCUT2D eigenvalue weighted by Gasteiger charge is -2.33. The van der Waals surface area contributed by atoms with Crippen LogP contribution >= 0.6 is 11.6 Å². The molecule has 1 aliphatic heterocycles. The third kappa shape index (κ3) is 2.73. The van der Waals surface area contributed by atoms with Crippen molar-refractivity contribution in [1.29, 1.82) is 0 Å². The van der Waals surface area contributed by atoms with Crippen LogP contribution in [0.3, 0.4) is 0 Å². The Kier molecular flexibility index (Phi) is 3.80. The number of pyridine rings is 1. The van der Waals surface area contributed by atoms with Crippen molar-refractivity contribution in [1.82, 2.24) is 15.2 Å². The highest BCUT2D eigenvalue weighted by molar-refractivity contribution is 6.29. The Morgan fingerprint density at radius 2 is 2.26 bits per heavy atom. The van der Waals surface area contributed by atoms with Crippen LogP contribution < -0.4 is 5.32 Å². The first kappa shape index (κ1) is 13.5. The Morgan fingerprint density at radius 3 is 2.84 bits per heavy atom. The number of carbonyl (C=O) groups excluding carboxylic acids is 3. The van der Waals surface area contributed by atoms with Gasteiger partial charge in [0.1, 0.15) is 17.7 Å². The van der Waals surface area contributed by atoms with Gasteiger partial charge in [0.2, 0.25) is 11.8 Å². The molecule has 0 spiro atoms. The van der Waals surface area contributed by atoms with Gasteiger partial charge in [-0.3, -0.25) is 19.7 Å². The molecule has 2 rings (SSSR count). The second-order valence-electron chi connectivity index (χ2n) is 4.14. The number of imide groups is 1. The zero-order chi connectivity index (χ0) is 14.0. The van der Waals surface area contributed by atoms with E-state index in [1.165, 1.54) is 23.2 Å². The molecule has 0 aromatic carbocycles. The van der Waals surface area contributed by atoms with Crippen molar-refractivity contribution in [3.8, 4) is 0 Å². The molecule has 100 valence electrons. The molecule has 6 nitrogen and oxygen atoms in total. The van der Waals surface area contributed by atoms with Crippen LogP contribution in [0.25, 0.3) is 0 Å². The van der Waals surface area contributed by atoms with E-state index in [1.54, 1.807) is 6.92 Å². The molecule has 1 unspecified atom stereocenters. The van der Waals surface area contributed by atoms with E-state index in [-0.39, 0.29) is 11.7 Å². The predicted molar refractivity (Wildman–Crippen MR) is 67.5 cm³/mol. The van der Waals surface area contributed by atoms with Gasteiger partial charge in [0, 0.05) is 6.20 Å². The average molecular weight is 282 g/mol. The summed E-state index contributed by atoms with van der Waals surface area (Å²) >= 11 is 5.65. The lowest BCUT2D eigenvalue weighted by atomic mass is 10.1. The normalized spacial score (nSPS) is 19.3. The SMILES string of the molecule is CCC1C(=O)NC(=O)CN1C(=O)c1ccc(Cl)nc1. The smallest absolute Gasteiger partial charge is 0.256 e. The maximum atomic E-state index is 12.3. The van der Waals surface area contributed by atoms with Crippen LogP contribution in [-0.2, 0) is 9.59 Å². The standard InChI is InChI=1S/C12H12ClN3O3/c1-2-8-11(18)15-10(17)6-16(8)12(19)7-3-4-9(13)14-5-7/h3-5,8H,2,6H2,1H3,(H,15,17,18). The van der Waals surface area contributed by atoms with Gasteiger partial charge in [-0.15, -0.1) is 0 Å². The maximum Gasteiger partial charge on any atom is 0.256 e. The van der Waals surface area contributed by atoms with Gasteiger partial charge in [0.15, 0.2) is 0 Å². The highest BCUT2D eigenvalue weighted by Gasteiger charge is 2.35. The first-order valence-corrected chi connectivity index (χ1v) is 6.17. The van der Waals surface area contributed by atoms with Crippen LogP contribution in [0.5, 0.6) is 0 Å². The average Bonchev–Trinajstić information content (AvgIpc) is 2.38. The number of amides is 3. The van der Waals surface area contributed by atoms with Crippen LogP contribution in [0.2, 0.25) is 5.15 Å². The van der Waals surface area contributed by atoms with E-state index in [0.717, 1.165) is 0 Å². The highest BCUT2D eigenvalue weighted by Crippen LogP contribution is 2.14. The molecule has 1 fully saturated rings. The molecule has 0 radical (unpaired) electrons. The van der Waals surface area contributed by atoms with E-state index in [9.17, 15) is 14.4 Å². The van der Waals surface area contributed by atoms with E-state index >= 15 is 0 Å². The fourth-order valence-corrected chi connectivity index (χ4v) is 2.07. The van der Waals surface area contributed by atoms with Gasteiger partial charge < -0.3 is 4.90 Å². The van der Waals surface area contributed by atoms with Crippen molar-refractivity contribution in [2.45, 2.75) is 19.4 Å². The second-order valence-corrected chi connectivity index (χ2v) is 4.53. The largest absolute Gasteiger partial charge is 0.317 e. The summed E-state index contributed by atoms with van der Waals surface area (Å²) in [7, 11) is 0. The molecule has 1 aromatic rings. The van der Waals surface area contributed by atoms with Crippen molar-refractivity contribution < 1.29 is 14.4 Å². The lowest BCUT2D eigenvalue weighted by molar-refractivity contribution is -0.138. The number of nitrogens with zero attached hydrogens (tertiary/aromatic N) is 2. The van der Waals surface area contributed by atoms with Gasteiger partial charge in [-0.05, 0) is 18.6 Å². The van der Waals surface area contributed by atoms with Gasteiger partial charge >= 0.3 is 0 Å². The summed E-state index contributed by atoms with van der Waals surface area (Å²) in [6.45, 7) is 1.64. The number of hydrogen-bond acceptors (Lipinski definition) is 4. The van der Waals surface area contributed by atoms with Crippen molar-refractivity contribution in [3.63, 3.8) is 0 Å². The van der Waals surface area contributed by atoms with Crippen LogP contribution in [0, 0.1) is 0 Å². The molecule has 0 bridgehead atoms. The summed E-state index contributed by atoms with van der Waals surface area (Å²) in [5, 5.41) is 2.49. The molecule has 1 aromatic heterocycles. The van der Waals surface area contributed by atoms with Gasteiger partial charge in [-0.25, -0.2) is 4.98 Å². The predicted octanol–water partition coefficient (Wildman–Crippen LogP) is 0.612. The Balaban J connectivity index is 2.27. The first-order chi connectivity index (χ1) is 9.02. The first-order valence-electron chi connectivity index (χ1n) is 5.79. The summed E-state index contributed by atoms with van der Waals surface area (Å²) in [5.41, 5.74) is 0.297. The van der Waals surface area contributed by atoms with Crippen molar-refractivity contribution in [3.05, 3.63) is 29.0 Å². The number of hydrogen-bond donors (Lipinski definition) is 1. The fraction of sp³-hybridized carbons (Fsp3) is 0.333. The minimum absolute atomic E-state index is 0.133. The van der Waals surface area contributed by atoms with Crippen LogP contribution in [-0.4, -0.2) is 40.2 Å². The van der Waals surface area contributed by atoms with Crippen molar-refractivity contribution in [2.24, 2.45) is 0 Å². The second kappa shape index (κ2) is 5.36. The zero-order valence-corrected chi connectivity index (χ0v) is 11.0. The van der Waals surface area contributed by atoms with Crippen molar-refractivity contribution >= 4 is 29.3 Å². The summed E-state index contributed by atoms with van der Waals surface area (Å²) in [6.07, 6.45) is 1.76. The Labute approximate surface area is 114 Å². The number of piperazine rings is 1. The molecule has 7 heteroatoms. The zero-order valence-electron chi connectivity index (χ0n) is 10.2. The molecule has 19 heavy (non-hydrogen) atoms. The number of halogens is 1. The number of aromatic nitrogens is 1. The third-order valence-electron chi connectivity index (χ3n) is 2.88. The number of rotatable bonds is 2. The summed E-state index contributed by atoms with van der Waals surface area (Å²) in [4.78, 5) is 40.4. The molecular formula is C12H12ClN3O3. The van der Waals surface area contributed by atoms with Gasteiger partial charge in [-0.2, -0.15) is 0 Å². The Hall–Kier alpha value is -1.95. The number of nitrogens with one attached hydrogen (secondary N) is 1. The van der Waals surface area contributed by atoms with Gasteiger partial charge in [0.25, 0.3) is 5.91 Å². The third-order valence-corrected chi connectivity index (χ3v) is 3.10. The molecule has 3 amide bonds. The van der Waals surface area contributed by atoms with E-state index in [2.05, 4.69) is 10.3 Å². The molecule has 1 N–H and O–H groups in total. The van der Waals surface area contributed by atoms with E-state index < -0.39 is 23.8 Å². The van der Waals surface area contributed by atoms with E-state index in [0.29, 0.717) is 12.0 Å². The van der Waals surface area contributed by atoms with E-state index in [1.807, 2.05) is 0 Å². The minimum atomic E-state index is -0.638. The Morgan fingerprint density at radius 1 is 1.53 bits per heavy atom. The molecule has 1 saturated heterocycles. The summed E-state index contributed by atoms with van der Waals surface area (Å²) in [5.74, 6) is -1.33. The van der Waals surface area contributed by atoms with Crippen LogP contribution in [0.15, 0.2) is 18.3 Å². The maximum absolute atomic E-state index is 12.3. The minimum Gasteiger partial charge on any atom is -0.317 e. The quantitative estimate of drug-likeness (QED) is 0.636. The van der Waals surface area contributed by atoms with Crippen LogP contribution in [0.1, 0.15) is 23.7 Å². The molecular weight excluding hydrogens is 270 g/mol. The highest BCUT2D eigenvalue weighted by atomic mass is 35.5. The summed E-state index contributed by atoms with van der Waals surface area (Å²) < 4.78 is 0. The number of carbonyl (C=O) groups is 3. The fourth-order valence-electron chi connectivity index (χ4n) is 1.95. The molecule has 1 atom stereocenters. The molecule has 1 aliphatic rings. The molecule has 2 heterocycles. The monoisotopic (exact) mass is 281 g/mol. The Bertz CT molecular complexity index is 530. The summed E-state index contributed by atoms with van der Waals surface area (Å²) in [6, 6.07) is 2.36. The van der Waals surface area contributed by atoms with Crippen LogP contribution in [0.4, 0.5) is 0 Å². The van der Waals surface area contributed by atoms with Crippen molar-refractivity contribution in [2.75, 3.05) is 6.54 Å². The lowest BCUT2D eigenvalue weighted by Crippen LogP contribution is -2.59. The van der Waals surface area contributed by atoms with Gasteiger partial charge in [-0.1, -0.05) is 18.5 Å². The molecule has 0 aliphatic carbocycles. The topological polar surface area (TPSA) is 79.4 Å². The molecule has 0 saturated carbocycles. The van der Waals surface area contributed by atoms with E-state index in [4.69, 9.17) is 11.6 Å². The van der Waals surface area contributed by atoms with Gasteiger partial charge in [0.05, 0.1) is 5.56 Å².